The van der Waals surface area contributed by atoms with E-state index in [-0.39, 0.29) is 43.3 Å². The van der Waals surface area contributed by atoms with Crippen LogP contribution in [0, 0.1) is 0 Å². The highest BCUT2D eigenvalue weighted by Gasteiger charge is 2.24. The van der Waals surface area contributed by atoms with Crippen LogP contribution in [0.25, 0.3) is 0 Å². The van der Waals surface area contributed by atoms with E-state index in [2.05, 4.69) is 15.5 Å². The maximum absolute atomic E-state index is 12.2. The summed E-state index contributed by atoms with van der Waals surface area (Å²) in [6, 6.07) is 7.34. The Labute approximate surface area is 155 Å². The van der Waals surface area contributed by atoms with E-state index in [1.807, 2.05) is 38.1 Å². The molecule has 2 atom stereocenters. The number of rotatable bonds is 6. The highest BCUT2D eigenvalue weighted by Crippen LogP contribution is 2.28. The highest BCUT2D eigenvalue weighted by atomic mass is 16.5. The van der Waals surface area contributed by atoms with Gasteiger partial charge in [-0.1, -0.05) is 12.1 Å². The van der Waals surface area contributed by atoms with E-state index >= 15 is 0 Å². The normalized spacial score (nSPS) is 20.0. The molecular weight excluding hydrogens is 334 g/mol. The highest BCUT2D eigenvalue weighted by molar-refractivity contribution is 5.93. The molecule has 0 aliphatic carbocycles. The molecule has 1 heterocycles. The molecule has 2 rings (SSSR count). The van der Waals surface area contributed by atoms with Crippen molar-refractivity contribution in [3.05, 3.63) is 24.3 Å². The topological polar surface area (TPSA) is 79.9 Å². The molecule has 1 saturated heterocycles. The summed E-state index contributed by atoms with van der Waals surface area (Å²) in [6.45, 7) is 9.44. The van der Waals surface area contributed by atoms with E-state index in [9.17, 15) is 9.59 Å². The Morgan fingerprint density at radius 1 is 1.23 bits per heavy atom. The fourth-order valence-electron chi connectivity index (χ4n) is 3.00. The molecule has 1 fully saturated rings. The summed E-state index contributed by atoms with van der Waals surface area (Å²) >= 11 is 0. The number of carbonyl (C=O) groups excluding carboxylic acids is 2. The smallest absolute Gasteiger partial charge is 0.319 e. The first kappa shape index (κ1) is 20.0. The van der Waals surface area contributed by atoms with Crippen LogP contribution in [-0.4, -0.2) is 49.9 Å². The molecule has 26 heavy (non-hydrogen) atoms. The number of morpholine rings is 1. The van der Waals surface area contributed by atoms with Gasteiger partial charge in [0.05, 0.1) is 36.1 Å². The fraction of sp³-hybridized carbons (Fsp3) is 0.579. The van der Waals surface area contributed by atoms with Gasteiger partial charge < -0.3 is 25.0 Å². The molecule has 144 valence electrons. The number of benzene rings is 1. The Kier molecular flexibility index (Phi) is 7.26. The van der Waals surface area contributed by atoms with Crippen LogP contribution in [0.4, 0.5) is 16.2 Å². The Bertz CT molecular complexity index is 611. The molecule has 1 aliphatic rings. The molecule has 1 aromatic carbocycles. The number of hydrogen-bond acceptors (Lipinski definition) is 5. The molecule has 1 aliphatic heterocycles. The summed E-state index contributed by atoms with van der Waals surface area (Å²) in [5.74, 6) is -0.322. The van der Waals surface area contributed by atoms with E-state index < -0.39 is 0 Å². The number of anilines is 2. The zero-order chi connectivity index (χ0) is 19.1. The van der Waals surface area contributed by atoms with Gasteiger partial charge in [0.2, 0.25) is 0 Å². The van der Waals surface area contributed by atoms with Crippen LogP contribution in [0.1, 0.15) is 34.1 Å². The third-order valence-corrected chi connectivity index (χ3v) is 3.89. The lowest BCUT2D eigenvalue weighted by atomic mass is 10.1. The Morgan fingerprint density at radius 2 is 1.88 bits per heavy atom. The van der Waals surface area contributed by atoms with Gasteiger partial charge in [0.25, 0.3) is 0 Å². The Morgan fingerprint density at radius 3 is 2.54 bits per heavy atom. The molecule has 2 amide bonds. The average molecular weight is 363 g/mol. The van der Waals surface area contributed by atoms with Gasteiger partial charge in [-0.05, 0) is 39.8 Å². The minimum absolute atomic E-state index is 0.132. The van der Waals surface area contributed by atoms with Crippen LogP contribution in [0.2, 0.25) is 0 Å². The van der Waals surface area contributed by atoms with Gasteiger partial charge in [0.15, 0.2) is 0 Å². The molecule has 7 heteroatoms. The van der Waals surface area contributed by atoms with E-state index in [0.29, 0.717) is 0 Å². The van der Waals surface area contributed by atoms with Gasteiger partial charge in [0.1, 0.15) is 0 Å². The zero-order valence-electron chi connectivity index (χ0n) is 16.0. The van der Waals surface area contributed by atoms with Gasteiger partial charge in [-0.25, -0.2) is 4.79 Å². The molecule has 0 saturated carbocycles. The van der Waals surface area contributed by atoms with Crippen molar-refractivity contribution in [2.24, 2.45) is 0 Å². The maximum Gasteiger partial charge on any atom is 0.319 e. The van der Waals surface area contributed by atoms with Gasteiger partial charge in [-0.3, -0.25) is 4.79 Å². The molecule has 2 unspecified atom stereocenters. The van der Waals surface area contributed by atoms with Crippen molar-refractivity contribution in [2.75, 3.05) is 29.9 Å². The second-order valence-corrected chi connectivity index (χ2v) is 6.85. The molecule has 1 aromatic rings. The lowest BCUT2D eigenvalue weighted by Crippen LogP contribution is -2.45. The largest absolute Gasteiger partial charge is 0.463 e. The first-order valence-corrected chi connectivity index (χ1v) is 9.09. The summed E-state index contributed by atoms with van der Waals surface area (Å²) in [5.41, 5.74) is 1.69. The van der Waals surface area contributed by atoms with Crippen LogP contribution < -0.4 is 15.5 Å². The van der Waals surface area contributed by atoms with Crippen molar-refractivity contribution in [1.29, 1.82) is 0 Å². The van der Waals surface area contributed by atoms with Gasteiger partial charge >= 0.3 is 12.0 Å². The predicted octanol–water partition coefficient (Wildman–Crippen LogP) is 2.76. The molecule has 2 N–H and O–H groups in total. The van der Waals surface area contributed by atoms with Gasteiger partial charge in [-0.2, -0.15) is 0 Å². The summed E-state index contributed by atoms with van der Waals surface area (Å²) in [5, 5.41) is 5.56. The molecule has 0 spiro atoms. The maximum atomic E-state index is 12.2. The Balaban J connectivity index is 1.91. The quantitative estimate of drug-likeness (QED) is 0.760. The second kappa shape index (κ2) is 9.43. The number of carbonyl (C=O) groups is 2. The third-order valence-electron chi connectivity index (χ3n) is 3.89. The number of amides is 2. The van der Waals surface area contributed by atoms with Gasteiger partial charge in [-0.15, -0.1) is 0 Å². The molecular formula is C19H29N3O4. The van der Waals surface area contributed by atoms with Crippen LogP contribution in [-0.2, 0) is 14.3 Å². The van der Waals surface area contributed by atoms with Crippen LogP contribution in [0.5, 0.6) is 0 Å². The van der Waals surface area contributed by atoms with Crippen molar-refractivity contribution in [1.82, 2.24) is 5.32 Å². The van der Waals surface area contributed by atoms with E-state index in [1.54, 1.807) is 13.8 Å². The van der Waals surface area contributed by atoms with Gasteiger partial charge in [0, 0.05) is 19.6 Å². The number of nitrogens with zero attached hydrogens (tertiary/aromatic N) is 1. The lowest BCUT2D eigenvalue weighted by molar-refractivity contribution is -0.147. The number of urea groups is 1. The number of ether oxygens (including phenoxy) is 2. The SMILES string of the molecule is CC(C)OC(=O)CCNC(=O)Nc1ccccc1N1CC(C)OC(C)C1. The average Bonchev–Trinajstić information content (AvgIpc) is 2.53. The van der Waals surface area contributed by atoms with E-state index in [0.717, 1.165) is 24.5 Å². The Hall–Kier alpha value is -2.28. The summed E-state index contributed by atoms with van der Waals surface area (Å²) in [4.78, 5) is 25.9. The third kappa shape index (κ3) is 6.22. The number of esters is 1. The molecule has 0 aromatic heterocycles. The standard InChI is InChI=1S/C19H29N3O4/c1-13(2)25-18(23)9-10-20-19(24)21-16-7-5-6-8-17(16)22-11-14(3)26-15(4)12-22/h5-8,13-15H,9-12H2,1-4H3,(H2,20,21,24). The van der Waals surface area contributed by atoms with Crippen molar-refractivity contribution in [3.63, 3.8) is 0 Å². The minimum atomic E-state index is -0.343. The van der Waals surface area contributed by atoms with Crippen molar-refractivity contribution >= 4 is 23.4 Å². The summed E-state index contributed by atoms with van der Waals surface area (Å²) < 4.78 is 10.8. The van der Waals surface area contributed by atoms with Crippen molar-refractivity contribution < 1.29 is 19.1 Å². The fourth-order valence-corrected chi connectivity index (χ4v) is 3.00. The van der Waals surface area contributed by atoms with Crippen molar-refractivity contribution in [2.45, 2.75) is 52.4 Å². The monoisotopic (exact) mass is 363 g/mol. The van der Waals surface area contributed by atoms with E-state index in [4.69, 9.17) is 9.47 Å². The van der Waals surface area contributed by atoms with Crippen LogP contribution in [0.15, 0.2) is 24.3 Å². The number of nitrogens with one attached hydrogen (secondary N) is 2. The molecule has 0 radical (unpaired) electrons. The summed E-state index contributed by atoms with van der Waals surface area (Å²) in [7, 11) is 0. The zero-order valence-corrected chi connectivity index (χ0v) is 16.0. The second-order valence-electron chi connectivity index (χ2n) is 6.85. The summed E-state index contributed by atoms with van der Waals surface area (Å²) in [6.07, 6.45) is 0.257. The first-order valence-electron chi connectivity index (χ1n) is 9.09. The van der Waals surface area contributed by atoms with E-state index in [1.165, 1.54) is 0 Å². The lowest BCUT2D eigenvalue weighted by Gasteiger charge is -2.37. The first-order chi connectivity index (χ1) is 12.3. The minimum Gasteiger partial charge on any atom is -0.463 e. The van der Waals surface area contributed by atoms with Crippen LogP contribution >= 0.6 is 0 Å². The van der Waals surface area contributed by atoms with Crippen LogP contribution in [0.3, 0.4) is 0 Å². The predicted molar refractivity (Wildman–Crippen MR) is 102 cm³/mol. The molecule has 0 bridgehead atoms. The number of para-hydroxylation sites is 2. The molecule has 7 nitrogen and oxygen atoms in total. The number of hydrogen-bond donors (Lipinski definition) is 2. The van der Waals surface area contributed by atoms with Crippen molar-refractivity contribution in [3.8, 4) is 0 Å².